The Bertz CT molecular complexity index is 499. The number of quaternary nitrogens is 1. The van der Waals surface area contributed by atoms with E-state index < -0.39 is 5.60 Å². The minimum atomic E-state index is -0.440. The summed E-state index contributed by atoms with van der Waals surface area (Å²) in [5, 5.41) is 2.90. The van der Waals surface area contributed by atoms with Crippen LogP contribution in [-0.2, 0) is 4.74 Å². The summed E-state index contributed by atoms with van der Waals surface area (Å²) in [5.41, 5.74) is 0.0783. The fourth-order valence-corrected chi connectivity index (χ4v) is 3.50. The summed E-state index contributed by atoms with van der Waals surface area (Å²) < 4.78 is 6.43. The van der Waals surface area contributed by atoms with Crippen molar-refractivity contribution in [2.75, 3.05) is 13.1 Å². The van der Waals surface area contributed by atoms with E-state index >= 15 is 0 Å². The van der Waals surface area contributed by atoms with Crippen molar-refractivity contribution in [3.63, 3.8) is 0 Å². The second-order valence-corrected chi connectivity index (χ2v) is 7.05. The Morgan fingerprint density at radius 1 is 1.40 bits per heavy atom. The Labute approximate surface area is 133 Å². The largest absolute Gasteiger partial charge is 0.456 e. The second-order valence-electron chi connectivity index (χ2n) is 5.76. The summed E-state index contributed by atoms with van der Waals surface area (Å²) in [4.78, 5) is 12.3. The van der Waals surface area contributed by atoms with Crippen LogP contribution in [-0.4, -0.2) is 24.7 Å². The van der Waals surface area contributed by atoms with Crippen LogP contribution >= 0.6 is 27.5 Å². The number of esters is 1. The molecule has 0 radical (unpaired) electrons. The van der Waals surface area contributed by atoms with Crippen molar-refractivity contribution in [3.05, 3.63) is 33.3 Å². The van der Waals surface area contributed by atoms with Gasteiger partial charge in [-0.2, -0.15) is 0 Å². The third-order valence-corrected chi connectivity index (χ3v) is 4.82. The molecular weight excluding hydrogens is 342 g/mol. The molecule has 0 saturated carbocycles. The summed E-state index contributed by atoms with van der Waals surface area (Å²) in [6, 6.07) is 5.10. The van der Waals surface area contributed by atoms with Crippen molar-refractivity contribution < 1.29 is 14.8 Å². The molecule has 1 aromatic rings. The maximum absolute atomic E-state index is 12.3. The second kappa shape index (κ2) is 6.46. The first-order valence-corrected chi connectivity index (χ1v) is 8.07. The van der Waals surface area contributed by atoms with Crippen molar-refractivity contribution in [2.45, 2.75) is 32.3 Å². The van der Waals surface area contributed by atoms with Gasteiger partial charge in [-0.25, -0.2) is 4.79 Å². The molecule has 110 valence electrons. The summed E-state index contributed by atoms with van der Waals surface area (Å²) in [6.07, 6.45) is 2.17. The molecule has 20 heavy (non-hydrogen) atoms. The molecular formula is C15H20BrClNO2+. The number of nitrogens with two attached hydrogens (primary N) is 1. The molecule has 1 heterocycles. The lowest BCUT2D eigenvalue weighted by molar-refractivity contribution is -0.665. The lowest BCUT2D eigenvalue weighted by atomic mass is 9.83. The number of hydrogen-bond acceptors (Lipinski definition) is 2. The van der Waals surface area contributed by atoms with Crippen molar-refractivity contribution in [2.24, 2.45) is 5.92 Å². The van der Waals surface area contributed by atoms with Gasteiger partial charge in [-0.05, 0) is 48.0 Å². The molecule has 0 atom stereocenters. The van der Waals surface area contributed by atoms with E-state index in [1.807, 2.05) is 13.8 Å². The minimum Gasteiger partial charge on any atom is -0.456 e. The van der Waals surface area contributed by atoms with Crippen LogP contribution in [0.1, 0.15) is 37.0 Å². The molecule has 0 spiro atoms. The van der Waals surface area contributed by atoms with Gasteiger partial charge < -0.3 is 10.1 Å². The summed E-state index contributed by atoms with van der Waals surface area (Å²) >= 11 is 9.25. The van der Waals surface area contributed by atoms with E-state index in [-0.39, 0.29) is 5.97 Å². The fourth-order valence-electron chi connectivity index (χ4n) is 2.65. The predicted octanol–water partition coefficient (Wildman–Crippen LogP) is 3.01. The molecule has 0 amide bonds. The molecule has 2 N–H and O–H groups in total. The van der Waals surface area contributed by atoms with Gasteiger partial charge in [-0.1, -0.05) is 11.6 Å². The number of carbonyl (C=O) groups is 1. The zero-order valence-corrected chi connectivity index (χ0v) is 14.1. The van der Waals surface area contributed by atoms with Gasteiger partial charge in [0, 0.05) is 28.3 Å². The smallest absolute Gasteiger partial charge is 0.339 e. The number of piperidine rings is 1. The number of benzene rings is 1. The topological polar surface area (TPSA) is 42.9 Å². The fraction of sp³-hybridized carbons (Fsp3) is 0.533. The Hall–Kier alpha value is -0.580. The first-order chi connectivity index (χ1) is 9.40. The monoisotopic (exact) mass is 360 g/mol. The Morgan fingerprint density at radius 3 is 2.65 bits per heavy atom. The van der Waals surface area contributed by atoms with Crippen LogP contribution in [0.2, 0.25) is 5.02 Å². The van der Waals surface area contributed by atoms with Gasteiger partial charge in [0.25, 0.3) is 0 Å². The van der Waals surface area contributed by atoms with E-state index in [4.69, 9.17) is 16.3 Å². The molecule has 1 saturated heterocycles. The molecule has 1 fully saturated rings. The number of hydrogen-bond donors (Lipinski definition) is 1. The number of rotatable bonds is 3. The number of carbonyl (C=O) groups excluding carboxylic acids is 1. The highest BCUT2D eigenvalue weighted by Gasteiger charge is 2.35. The van der Waals surface area contributed by atoms with Gasteiger partial charge in [0.1, 0.15) is 5.60 Å². The third-order valence-electron chi connectivity index (χ3n) is 3.93. The van der Waals surface area contributed by atoms with Gasteiger partial charge in [-0.3, -0.25) is 0 Å². The van der Waals surface area contributed by atoms with E-state index in [2.05, 4.69) is 21.2 Å². The molecule has 0 unspecified atom stereocenters. The predicted molar refractivity (Wildman–Crippen MR) is 83.0 cm³/mol. The number of halogens is 2. The average molecular weight is 362 g/mol. The van der Waals surface area contributed by atoms with Crippen molar-refractivity contribution >= 4 is 33.5 Å². The first-order valence-electron chi connectivity index (χ1n) is 6.90. The van der Waals surface area contributed by atoms with Crippen molar-refractivity contribution in [1.29, 1.82) is 0 Å². The van der Waals surface area contributed by atoms with Gasteiger partial charge in [0.05, 0.1) is 18.7 Å². The van der Waals surface area contributed by atoms with Gasteiger partial charge in [-0.15, -0.1) is 0 Å². The zero-order valence-electron chi connectivity index (χ0n) is 11.8. The summed E-state index contributed by atoms with van der Waals surface area (Å²) in [7, 11) is 0. The first kappa shape index (κ1) is 15.8. The van der Waals surface area contributed by atoms with Gasteiger partial charge in [0.2, 0.25) is 0 Å². The van der Waals surface area contributed by atoms with Crippen LogP contribution < -0.4 is 5.32 Å². The maximum Gasteiger partial charge on any atom is 0.339 e. The molecule has 0 aromatic heterocycles. The highest BCUT2D eigenvalue weighted by atomic mass is 79.9. The van der Waals surface area contributed by atoms with Crippen LogP contribution in [0.3, 0.4) is 0 Å². The van der Waals surface area contributed by atoms with Crippen molar-refractivity contribution in [1.82, 2.24) is 0 Å². The average Bonchev–Trinajstić information content (AvgIpc) is 2.39. The van der Waals surface area contributed by atoms with E-state index in [9.17, 15) is 4.79 Å². The Kier molecular flexibility index (Phi) is 5.10. The highest BCUT2D eigenvalue weighted by Crippen LogP contribution is 2.30. The van der Waals surface area contributed by atoms with E-state index in [1.165, 1.54) is 0 Å². The standard InChI is InChI=1S/C15H19BrClNO2/c1-15(2,10-5-7-18-8-6-10)20-14(19)12-4-3-11(17)9-13(12)16/h3-4,9-10,18H,5-8H2,1-2H3/p+1. The van der Waals surface area contributed by atoms with Gasteiger partial charge in [0.15, 0.2) is 0 Å². The van der Waals surface area contributed by atoms with Crippen LogP contribution in [0.4, 0.5) is 0 Å². The van der Waals surface area contributed by atoms with E-state index in [1.54, 1.807) is 18.2 Å². The van der Waals surface area contributed by atoms with Crippen LogP contribution in [0, 0.1) is 5.92 Å². The molecule has 1 aliphatic heterocycles. The number of ether oxygens (including phenoxy) is 1. The van der Waals surface area contributed by atoms with Crippen LogP contribution in [0.15, 0.2) is 22.7 Å². The Morgan fingerprint density at radius 2 is 2.05 bits per heavy atom. The normalized spacial score (nSPS) is 17.0. The molecule has 1 aromatic carbocycles. The van der Waals surface area contributed by atoms with Crippen molar-refractivity contribution in [3.8, 4) is 0 Å². The molecule has 5 heteroatoms. The lowest BCUT2D eigenvalue weighted by Crippen LogP contribution is -2.86. The third kappa shape index (κ3) is 3.74. The lowest BCUT2D eigenvalue weighted by Gasteiger charge is -2.35. The van der Waals surface area contributed by atoms with Crippen LogP contribution in [0.5, 0.6) is 0 Å². The molecule has 3 nitrogen and oxygen atoms in total. The molecule has 2 rings (SSSR count). The maximum atomic E-state index is 12.3. The summed E-state index contributed by atoms with van der Waals surface area (Å²) in [6.45, 7) is 6.22. The minimum absolute atomic E-state index is 0.298. The van der Waals surface area contributed by atoms with E-state index in [0.29, 0.717) is 21.0 Å². The zero-order chi connectivity index (χ0) is 14.8. The Balaban J connectivity index is 2.09. The summed E-state index contributed by atoms with van der Waals surface area (Å²) in [5.74, 6) is 0.121. The van der Waals surface area contributed by atoms with Gasteiger partial charge >= 0.3 is 5.97 Å². The molecule has 0 aliphatic carbocycles. The molecule has 0 bridgehead atoms. The van der Waals surface area contributed by atoms with E-state index in [0.717, 1.165) is 25.9 Å². The quantitative estimate of drug-likeness (QED) is 0.841. The molecule has 1 aliphatic rings. The highest BCUT2D eigenvalue weighted by molar-refractivity contribution is 9.10. The van der Waals surface area contributed by atoms with Crippen LogP contribution in [0.25, 0.3) is 0 Å². The SMILES string of the molecule is CC(C)(OC(=O)c1ccc(Cl)cc1Br)C1CC[NH2+]CC1.